The number of aryl methyl sites for hydroxylation is 1. The summed E-state index contributed by atoms with van der Waals surface area (Å²) >= 11 is 5.98. The molecule has 0 radical (unpaired) electrons. The third kappa shape index (κ3) is 4.40. The van der Waals surface area contributed by atoms with E-state index < -0.39 is 0 Å². The minimum absolute atomic E-state index is 0.110. The highest BCUT2D eigenvalue weighted by molar-refractivity contribution is 6.31. The molecule has 7 nitrogen and oxygen atoms in total. The van der Waals surface area contributed by atoms with Gasteiger partial charge in [-0.2, -0.15) is 0 Å². The topological polar surface area (TPSA) is 83.2 Å². The molecular formula is C21H22ClN3O4. The third-order valence-electron chi connectivity index (χ3n) is 4.96. The second-order valence-electron chi connectivity index (χ2n) is 6.88. The number of nitrogens with zero attached hydrogens (tertiary/aromatic N) is 3. The van der Waals surface area contributed by atoms with Crippen LogP contribution >= 0.6 is 11.6 Å². The molecule has 152 valence electrons. The average molecular weight is 416 g/mol. The van der Waals surface area contributed by atoms with Crippen molar-refractivity contribution in [3.05, 3.63) is 62.9 Å². The van der Waals surface area contributed by atoms with Gasteiger partial charge in [0, 0.05) is 34.9 Å². The molecule has 0 atom stereocenters. The van der Waals surface area contributed by atoms with Gasteiger partial charge in [0.15, 0.2) is 5.78 Å². The number of aromatic nitrogens is 3. The van der Waals surface area contributed by atoms with Crippen LogP contribution in [0.15, 0.2) is 35.4 Å². The summed E-state index contributed by atoms with van der Waals surface area (Å²) in [6.45, 7) is 4.27. The van der Waals surface area contributed by atoms with E-state index in [2.05, 4.69) is 9.72 Å². The first-order valence-electron chi connectivity index (χ1n) is 9.23. The van der Waals surface area contributed by atoms with Gasteiger partial charge in [-0.25, -0.2) is 4.98 Å². The van der Waals surface area contributed by atoms with Crippen molar-refractivity contribution in [2.45, 2.75) is 39.8 Å². The Labute approximate surface area is 172 Å². The highest BCUT2D eigenvalue weighted by atomic mass is 35.5. The van der Waals surface area contributed by atoms with Gasteiger partial charge in [-0.3, -0.25) is 19.0 Å². The molecule has 29 heavy (non-hydrogen) atoms. The highest BCUT2D eigenvalue weighted by Crippen LogP contribution is 2.18. The lowest BCUT2D eigenvalue weighted by Gasteiger charge is -2.10. The summed E-state index contributed by atoms with van der Waals surface area (Å²) in [5.74, 6) is -0.436. The number of benzene rings is 1. The number of ether oxygens (including phenoxy) is 1. The molecule has 0 bridgehead atoms. The summed E-state index contributed by atoms with van der Waals surface area (Å²) in [6.07, 6.45) is 2.31. The predicted octanol–water partition coefficient (Wildman–Crippen LogP) is 3.30. The van der Waals surface area contributed by atoms with Gasteiger partial charge in [0.2, 0.25) is 0 Å². The van der Waals surface area contributed by atoms with Crippen molar-refractivity contribution in [2.75, 3.05) is 7.11 Å². The lowest BCUT2D eigenvalue weighted by atomic mass is 10.1. The summed E-state index contributed by atoms with van der Waals surface area (Å²) < 4.78 is 7.95. The van der Waals surface area contributed by atoms with Crippen LogP contribution in [-0.4, -0.2) is 33.0 Å². The normalized spacial score (nSPS) is 11.0. The number of Topliss-reactive ketones (excluding diaryl/α,β-unsaturated/α-hetero) is 1. The zero-order valence-electron chi connectivity index (χ0n) is 16.6. The quantitative estimate of drug-likeness (QED) is 0.436. The van der Waals surface area contributed by atoms with Crippen LogP contribution in [-0.2, 0) is 22.6 Å². The maximum Gasteiger partial charge on any atom is 0.305 e. The molecular weight excluding hydrogens is 394 g/mol. The van der Waals surface area contributed by atoms with Gasteiger partial charge >= 0.3 is 5.97 Å². The molecule has 0 amide bonds. The van der Waals surface area contributed by atoms with E-state index in [9.17, 15) is 14.4 Å². The van der Waals surface area contributed by atoms with E-state index in [1.807, 2.05) is 24.5 Å². The molecule has 0 saturated heterocycles. The van der Waals surface area contributed by atoms with Gasteiger partial charge in [-0.1, -0.05) is 11.6 Å². The van der Waals surface area contributed by atoms with Crippen LogP contribution in [0, 0.1) is 13.8 Å². The fourth-order valence-electron chi connectivity index (χ4n) is 3.39. The number of hydrogen-bond acceptors (Lipinski definition) is 5. The lowest BCUT2D eigenvalue weighted by Crippen LogP contribution is -2.25. The number of hydrogen-bond donors (Lipinski definition) is 0. The Morgan fingerprint density at radius 1 is 1.21 bits per heavy atom. The number of halogens is 1. The predicted molar refractivity (Wildman–Crippen MR) is 110 cm³/mol. The maximum absolute atomic E-state index is 12.9. The zero-order valence-corrected chi connectivity index (χ0v) is 17.3. The van der Waals surface area contributed by atoms with Crippen molar-refractivity contribution in [2.24, 2.45) is 0 Å². The summed E-state index contributed by atoms with van der Waals surface area (Å²) in [6, 6.07) is 6.71. The van der Waals surface area contributed by atoms with E-state index in [0.29, 0.717) is 40.9 Å². The molecule has 8 heteroatoms. The standard InChI is InChI=1S/C21H22ClN3O4/c1-13-9-16(14(2)25(13)8-4-5-20(27)29-3)19(26)11-24-12-23-18-7-6-15(22)10-17(18)21(24)28/h6-7,9-10,12H,4-5,8,11H2,1-3H3. The van der Waals surface area contributed by atoms with Gasteiger partial charge in [-0.05, 0) is 44.5 Å². The number of ketones is 1. The fraction of sp³-hybridized carbons (Fsp3) is 0.333. The van der Waals surface area contributed by atoms with E-state index >= 15 is 0 Å². The number of fused-ring (bicyclic) bond motifs is 1. The van der Waals surface area contributed by atoms with Crippen molar-refractivity contribution in [3.8, 4) is 0 Å². The Morgan fingerprint density at radius 2 is 1.97 bits per heavy atom. The summed E-state index contributed by atoms with van der Waals surface area (Å²) in [4.78, 5) is 41.1. The maximum atomic E-state index is 12.9. The molecule has 0 N–H and O–H groups in total. The lowest BCUT2D eigenvalue weighted by molar-refractivity contribution is -0.140. The van der Waals surface area contributed by atoms with E-state index in [1.165, 1.54) is 18.0 Å². The molecule has 0 saturated carbocycles. The number of rotatable bonds is 7. The van der Waals surface area contributed by atoms with Crippen LogP contribution in [0.4, 0.5) is 0 Å². The van der Waals surface area contributed by atoms with Crippen molar-refractivity contribution < 1.29 is 14.3 Å². The molecule has 0 unspecified atom stereocenters. The van der Waals surface area contributed by atoms with E-state index in [0.717, 1.165) is 11.4 Å². The molecule has 0 aliphatic rings. The first kappa shape index (κ1) is 20.8. The van der Waals surface area contributed by atoms with Crippen LogP contribution in [0.2, 0.25) is 5.02 Å². The molecule has 0 aliphatic heterocycles. The second kappa shape index (κ2) is 8.61. The molecule has 0 aliphatic carbocycles. The smallest absolute Gasteiger partial charge is 0.305 e. The molecule has 1 aromatic carbocycles. The number of methoxy groups -OCH3 is 1. The number of esters is 1. The van der Waals surface area contributed by atoms with Gasteiger partial charge < -0.3 is 9.30 Å². The molecule has 0 fully saturated rings. The monoisotopic (exact) mass is 415 g/mol. The van der Waals surface area contributed by atoms with Crippen LogP contribution in [0.3, 0.4) is 0 Å². The Kier molecular flexibility index (Phi) is 6.17. The van der Waals surface area contributed by atoms with Crippen molar-refractivity contribution in [1.82, 2.24) is 14.1 Å². The van der Waals surface area contributed by atoms with Gasteiger partial charge in [0.05, 0.1) is 30.9 Å². The van der Waals surface area contributed by atoms with Crippen LogP contribution < -0.4 is 5.56 Å². The van der Waals surface area contributed by atoms with Crippen LogP contribution in [0.25, 0.3) is 10.9 Å². The minimum Gasteiger partial charge on any atom is -0.469 e. The summed E-state index contributed by atoms with van der Waals surface area (Å²) in [5.41, 5.74) is 2.51. The van der Waals surface area contributed by atoms with E-state index in [4.69, 9.17) is 11.6 Å². The van der Waals surface area contributed by atoms with Crippen molar-refractivity contribution in [3.63, 3.8) is 0 Å². The Bertz CT molecular complexity index is 1150. The Hall–Kier alpha value is -2.93. The van der Waals surface area contributed by atoms with Crippen molar-refractivity contribution in [1.29, 1.82) is 0 Å². The number of carbonyl (C=O) groups is 2. The first-order chi connectivity index (χ1) is 13.8. The summed E-state index contributed by atoms with van der Waals surface area (Å²) in [7, 11) is 1.36. The fourth-order valence-corrected chi connectivity index (χ4v) is 3.57. The SMILES string of the molecule is COC(=O)CCCn1c(C)cc(C(=O)Cn2cnc3ccc(Cl)cc3c2=O)c1C. The largest absolute Gasteiger partial charge is 0.469 e. The summed E-state index contributed by atoms with van der Waals surface area (Å²) in [5, 5.41) is 0.817. The molecule has 3 rings (SSSR count). The minimum atomic E-state index is -0.308. The number of carbonyl (C=O) groups excluding carboxylic acids is 2. The third-order valence-corrected chi connectivity index (χ3v) is 5.20. The second-order valence-corrected chi connectivity index (χ2v) is 7.31. The Morgan fingerprint density at radius 3 is 2.69 bits per heavy atom. The first-order valence-corrected chi connectivity index (χ1v) is 9.61. The van der Waals surface area contributed by atoms with Gasteiger partial charge in [0.25, 0.3) is 5.56 Å². The van der Waals surface area contributed by atoms with Crippen LogP contribution in [0.1, 0.15) is 34.6 Å². The van der Waals surface area contributed by atoms with Crippen LogP contribution in [0.5, 0.6) is 0 Å². The van der Waals surface area contributed by atoms with Gasteiger partial charge in [-0.15, -0.1) is 0 Å². The molecule has 2 heterocycles. The zero-order chi connectivity index (χ0) is 21.1. The highest BCUT2D eigenvalue weighted by Gasteiger charge is 2.17. The molecule has 2 aromatic heterocycles. The van der Waals surface area contributed by atoms with Gasteiger partial charge in [0.1, 0.15) is 0 Å². The average Bonchev–Trinajstić information content (AvgIpc) is 2.98. The molecule has 3 aromatic rings. The van der Waals surface area contributed by atoms with E-state index in [-0.39, 0.29) is 23.9 Å². The van der Waals surface area contributed by atoms with E-state index in [1.54, 1.807) is 18.2 Å². The molecule has 0 spiro atoms. The van der Waals surface area contributed by atoms with Crippen molar-refractivity contribution >= 4 is 34.3 Å². The Balaban J connectivity index is 1.82.